The minimum Gasteiger partial charge on any atom is -0.346 e. The van der Waals surface area contributed by atoms with E-state index in [0.29, 0.717) is 26.4 Å². The molecule has 11 rings (SSSR count). The molecule has 0 bridgehead atoms. The van der Waals surface area contributed by atoms with Crippen LogP contribution in [0.25, 0.3) is 11.1 Å². The Morgan fingerprint density at radius 3 is 1.07 bits per heavy atom. The third-order valence-corrected chi connectivity index (χ3v) is 16.4. The lowest BCUT2D eigenvalue weighted by atomic mass is 9.70. The van der Waals surface area contributed by atoms with E-state index in [1.165, 1.54) is 84.7 Å². The zero-order valence-corrected chi connectivity index (χ0v) is 45.9. The smallest absolute Gasteiger partial charge is 0.184 e. The largest absolute Gasteiger partial charge is 0.346 e. The van der Waals surface area contributed by atoms with E-state index in [4.69, 9.17) is 18.9 Å². The van der Waals surface area contributed by atoms with Gasteiger partial charge in [-0.05, 0) is 169 Å². The topological polar surface area (TPSA) is 43.4 Å². The molecule has 382 valence electrons. The van der Waals surface area contributed by atoms with Crippen molar-refractivity contribution in [2.24, 2.45) is 0 Å². The Labute approximate surface area is 460 Å². The summed E-state index contributed by atoms with van der Waals surface area (Å²) >= 11 is 7.79. The van der Waals surface area contributed by atoms with Crippen LogP contribution in [0.5, 0.6) is 0 Å². The maximum Gasteiger partial charge on any atom is 0.184 e. The van der Waals surface area contributed by atoms with Crippen LogP contribution in [0.1, 0.15) is 110 Å². The zero-order chi connectivity index (χ0) is 50.8. The summed E-state index contributed by atoms with van der Waals surface area (Å²) in [7, 11) is 0. The number of anilines is 6. The Bertz CT molecular complexity index is 2870. The first-order chi connectivity index (χ1) is 37.0. The maximum absolute atomic E-state index is 5.76. The van der Waals surface area contributed by atoms with Crippen molar-refractivity contribution in [2.45, 2.75) is 95.0 Å². The van der Waals surface area contributed by atoms with Crippen LogP contribution >= 0.6 is 31.9 Å². The zero-order valence-electron chi connectivity index (χ0n) is 42.7. The number of nitrogens with zero attached hydrogens (tertiary/aromatic N) is 2. The van der Waals surface area contributed by atoms with E-state index in [9.17, 15) is 0 Å². The molecule has 0 N–H and O–H groups in total. The van der Waals surface area contributed by atoms with Gasteiger partial charge in [0.25, 0.3) is 0 Å². The summed E-state index contributed by atoms with van der Waals surface area (Å²) in [6.45, 7) is 2.55. The monoisotopic (exact) mass is 1120 g/mol. The van der Waals surface area contributed by atoms with Crippen molar-refractivity contribution in [3.8, 4) is 11.1 Å². The van der Waals surface area contributed by atoms with Crippen molar-refractivity contribution in [2.75, 3.05) is 36.2 Å². The summed E-state index contributed by atoms with van der Waals surface area (Å²) in [6, 6.07) is 70.7. The number of benzene rings is 8. The van der Waals surface area contributed by atoms with Crippen LogP contribution in [0.3, 0.4) is 0 Å². The molecule has 2 saturated heterocycles. The van der Waals surface area contributed by atoms with Crippen LogP contribution in [0.2, 0.25) is 0 Å². The van der Waals surface area contributed by atoms with Gasteiger partial charge in [-0.15, -0.1) is 0 Å². The molecule has 0 radical (unpaired) electrons. The molecule has 8 aromatic rings. The second-order valence-electron chi connectivity index (χ2n) is 20.3. The maximum atomic E-state index is 5.76. The van der Waals surface area contributed by atoms with Gasteiger partial charge in [-0.2, -0.15) is 0 Å². The van der Waals surface area contributed by atoms with Gasteiger partial charge in [0.1, 0.15) is 0 Å². The number of rotatable bonds is 22. The van der Waals surface area contributed by atoms with Crippen LogP contribution in [-0.2, 0) is 37.2 Å². The molecule has 8 aromatic carbocycles. The van der Waals surface area contributed by atoms with Crippen molar-refractivity contribution in [3.63, 3.8) is 0 Å². The second-order valence-corrected chi connectivity index (χ2v) is 22.1. The van der Waals surface area contributed by atoms with Crippen molar-refractivity contribution >= 4 is 66.0 Å². The van der Waals surface area contributed by atoms with Gasteiger partial charge in [-0.3, -0.25) is 0 Å². The molecular formula is C67H66Br2N2O4. The number of hydrogen-bond donors (Lipinski definition) is 0. The normalized spacial score (nSPS) is 15.0. The number of aryl methyl sites for hydroxylation is 2. The Hall–Kier alpha value is -5.84. The van der Waals surface area contributed by atoms with Gasteiger partial charge in [-0.25, -0.2) is 0 Å². The van der Waals surface area contributed by atoms with Crippen LogP contribution in [0.4, 0.5) is 34.1 Å². The molecule has 0 spiro atoms. The fourth-order valence-electron chi connectivity index (χ4n) is 11.7. The van der Waals surface area contributed by atoms with Gasteiger partial charge in [-0.1, -0.05) is 167 Å². The Morgan fingerprint density at radius 2 is 0.693 bits per heavy atom. The van der Waals surface area contributed by atoms with E-state index in [-0.39, 0.29) is 18.0 Å². The van der Waals surface area contributed by atoms with Crippen molar-refractivity contribution < 1.29 is 18.9 Å². The lowest BCUT2D eigenvalue weighted by Crippen LogP contribution is -2.25. The first kappa shape index (κ1) is 51.3. The first-order valence-corrected chi connectivity index (χ1v) is 28.7. The Kier molecular flexibility index (Phi) is 16.7. The van der Waals surface area contributed by atoms with Crippen molar-refractivity contribution in [1.29, 1.82) is 0 Å². The summed E-state index contributed by atoms with van der Waals surface area (Å²) in [5, 5.41) is 0. The molecule has 0 atom stereocenters. The number of fused-ring (bicyclic) bond motifs is 3. The number of ether oxygens (including phenoxy) is 4. The third-order valence-electron chi connectivity index (χ3n) is 15.4. The van der Waals surface area contributed by atoms with E-state index in [1.54, 1.807) is 0 Å². The van der Waals surface area contributed by atoms with Gasteiger partial charge in [0, 0.05) is 59.6 Å². The molecule has 1 aliphatic carbocycles. The average molecular weight is 1120 g/mol. The molecule has 0 saturated carbocycles. The highest BCUT2D eigenvalue weighted by molar-refractivity contribution is 9.10. The Balaban J connectivity index is 0.701. The van der Waals surface area contributed by atoms with Crippen LogP contribution < -0.4 is 9.80 Å². The van der Waals surface area contributed by atoms with Crippen LogP contribution in [0.15, 0.2) is 203 Å². The Morgan fingerprint density at radius 1 is 0.360 bits per heavy atom. The van der Waals surface area contributed by atoms with E-state index < -0.39 is 0 Å². The summed E-state index contributed by atoms with van der Waals surface area (Å²) in [4.78, 5) is 4.64. The van der Waals surface area contributed by atoms with E-state index in [2.05, 4.69) is 236 Å². The number of hydrogen-bond acceptors (Lipinski definition) is 6. The second kappa shape index (κ2) is 24.4. The molecule has 0 aromatic heterocycles. The number of unbranched alkanes of at least 4 members (excludes halogenated alkanes) is 6. The standard InChI is InChI=1S/C67H66Br2N2O4/c68-53-29-39-61-62-40-30-54(69)48-64(62)67(63(61)47-53,41-13-3-1-7-15-49-21-31-57(32-22-49)70(55-17-9-5-10-18-55)59-35-25-51(26-36-59)65-72-43-44-73-65)42-14-4-2-8-16-50-23-33-58(34-24-50)71(56-19-11-6-12-20-56)60-37-27-52(28-38-60)66-74-45-46-75-66/h5-6,9-12,17-40,47-48,65-66H,1-4,7-8,13-16,41-46H2. The van der Waals surface area contributed by atoms with Crippen LogP contribution in [0, 0.1) is 0 Å². The summed E-state index contributed by atoms with van der Waals surface area (Å²) in [5.74, 6) is 0. The quantitative estimate of drug-likeness (QED) is 0.0630. The van der Waals surface area contributed by atoms with E-state index in [0.717, 1.165) is 79.9 Å². The van der Waals surface area contributed by atoms with Gasteiger partial charge >= 0.3 is 0 Å². The highest BCUT2D eigenvalue weighted by Crippen LogP contribution is 2.55. The van der Waals surface area contributed by atoms with Crippen LogP contribution in [-0.4, -0.2) is 26.4 Å². The van der Waals surface area contributed by atoms with Gasteiger partial charge in [0.2, 0.25) is 0 Å². The summed E-state index contributed by atoms with van der Waals surface area (Å²) < 4.78 is 25.4. The predicted molar refractivity (Wildman–Crippen MR) is 313 cm³/mol. The molecule has 75 heavy (non-hydrogen) atoms. The lowest BCUT2D eigenvalue weighted by Gasteiger charge is -2.33. The third kappa shape index (κ3) is 11.9. The summed E-state index contributed by atoms with van der Waals surface area (Å²) in [6.07, 6.45) is 13.6. The molecular weight excluding hydrogens is 1060 g/mol. The fourth-order valence-corrected chi connectivity index (χ4v) is 12.4. The lowest BCUT2D eigenvalue weighted by molar-refractivity contribution is -0.0443. The summed E-state index contributed by atoms with van der Waals surface area (Å²) in [5.41, 5.74) is 17.4. The van der Waals surface area contributed by atoms with Crippen molar-refractivity contribution in [1.82, 2.24) is 0 Å². The highest BCUT2D eigenvalue weighted by atomic mass is 79.9. The first-order valence-electron chi connectivity index (χ1n) is 27.1. The minimum absolute atomic E-state index is 0.00407. The molecule has 2 heterocycles. The van der Waals surface area contributed by atoms with Gasteiger partial charge in [0.05, 0.1) is 26.4 Å². The molecule has 2 aliphatic heterocycles. The highest BCUT2D eigenvalue weighted by Gasteiger charge is 2.42. The predicted octanol–water partition coefficient (Wildman–Crippen LogP) is 18.9. The van der Waals surface area contributed by atoms with E-state index in [1.807, 2.05) is 0 Å². The average Bonchev–Trinajstić information content (AvgIpc) is 4.26. The molecule has 0 unspecified atom stereocenters. The minimum atomic E-state index is -0.279. The van der Waals surface area contributed by atoms with Crippen molar-refractivity contribution in [3.05, 3.63) is 236 Å². The fraction of sp³-hybridized carbons (Fsp3) is 0.284. The van der Waals surface area contributed by atoms with E-state index >= 15 is 0 Å². The molecule has 3 aliphatic rings. The SMILES string of the molecule is Brc1ccc2c(c1)C(CCCCCCc1ccc(N(c3ccccc3)c3ccc(C4OCCO4)cc3)cc1)(CCCCCCc1ccc(N(c3ccccc3)c3ccc(C4OCCO4)cc3)cc1)c1cc(Br)ccc1-2. The number of para-hydroxylation sites is 2. The van der Waals surface area contributed by atoms with Gasteiger partial charge in [0.15, 0.2) is 12.6 Å². The number of halogens is 2. The molecule has 2 fully saturated rings. The molecule has 0 amide bonds. The molecule has 8 heteroatoms. The van der Waals surface area contributed by atoms with Gasteiger partial charge < -0.3 is 28.7 Å². The molecule has 6 nitrogen and oxygen atoms in total.